The second-order valence-electron chi connectivity index (χ2n) is 14.2. The van der Waals surface area contributed by atoms with E-state index in [1.165, 1.54) is 38.7 Å². The van der Waals surface area contributed by atoms with Gasteiger partial charge in [-0.1, -0.05) is 96.6 Å². The Hall–Kier alpha value is -4.86. The van der Waals surface area contributed by atoms with Crippen LogP contribution in [0.2, 0.25) is 0 Å². The number of fused-ring (bicyclic) bond motifs is 4. The summed E-state index contributed by atoms with van der Waals surface area (Å²) in [6.07, 6.45) is 5.06. The standard InChI is InChI=1S/C46H50N2O/c1-9-48-44-24-21-35(34(20-19-31(2)3)28-36(27-32(4)5)33-15-11-10-12-16-33)29-40(44)41-30-37(22-25-45(41)48)46(6,49)42-23-26-43(47(7)8)39-18-14-13-17-38(39)42/h10-18,20-26,29-30,36,49H,2,4,9,19,27-28H2,1,3,5-8H3/b34-20+. The van der Waals surface area contributed by atoms with Gasteiger partial charge in [-0.2, -0.15) is 0 Å². The van der Waals surface area contributed by atoms with Crippen LogP contribution in [-0.2, 0) is 12.1 Å². The molecule has 0 saturated carbocycles. The van der Waals surface area contributed by atoms with Gasteiger partial charge in [0.15, 0.2) is 0 Å². The lowest BCUT2D eigenvalue weighted by molar-refractivity contribution is 0.104. The number of aryl methyl sites for hydroxylation is 1. The molecule has 49 heavy (non-hydrogen) atoms. The van der Waals surface area contributed by atoms with Crippen LogP contribution in [0.15, 0.2) is 134 Å². The molecular weight excluding hydrogens is 597 g/mol. The molecule has 0 fully saturated rings. The van der Waals surface area contributed by atoms with E-state index in [0.29, 0.717) is 5.92 Å². The Morgan fingerprint density at radius 3 is 2.08 bits per heavy atom. The Balaban J connectivity index is 1.49. The summed E-state index contributed by atoms with van der Waals surface area (Å²) in [6, 6.07) is 36.9. The van der Waals surface area contributed by atoms with Crippen molar-refractivity contribution in [2.45, 2.75) is 65.0 Å². The number of aliphatic hydroxyl groups is 1. The van der Waals surface area contributed by atoms with E-state index < -0.39 is 5.60 Å². The maximum absolute atomic E-state index is 12.4. The fourth-order valence-corrected chi connectivity index (χ4v) is 7.54. The number of rotatable bonds is 12. The summed E-state index contributed by atoms with van der Waals surface area (Å²) in [5, 5.41) is 16.9. The van der Waals surface area contributed by atoms with Gasteiger partial charge in [0.05, 0.1) is 0 Å². The van der Waals surface area contributed by atoms with Crippen molar-refractivity contribution in [1.29, 1.82) is 0 Å². The number of allylic oxidation sites excluding steroid dienone is 4. The van der Waals surface area contributed by atoms with Crippen LogP contribution >= 0.6 is 0 Å². The van der Waals surface area contributed by atoms with E-state index in [1.54, 1.807) is 0 Å². The molecule has 0 radical (unpaired) electrons. The number of hydrogen-bond donors (Lipinski definition) is 1. The Morgan fingerprint density at radius 2 is 1.43 bits per heavy atom. The van der Waals surface area contributed by atoms with Gasteiger partial charge in [0.25, 0.3) is 0 Å². The van der Waals surface area contributed by atoms with E-state index in [-0.39, 0.29) is 0 Å². The highest BCUT2D eigenvalue weighted by molar-refractivity contribution is 6.09. The third-order valence-corrected chi connectivity index (χ3v) is 10.1. The van der Waals surface area contributed by atoms with Crippen LogP contribution < -0.4 is 4.90 Å². The summed E-state index contributed by atoms with van der Waals surface area (Å²) in [5.74, 6) is 0.332. The Bertz CT molecular complexity index is 2200. The molecule has 3 nitrogen and oxygen atoms in total. The zero-order valence-corrected chi connectivity index (χ0v) is 30.1. The van der Waals surface area contributed by atoms with Crippen molar-refractivity contribution in [2.24, 2.45) is 0 Å². The van der Waals surface area contributed by atoms with E-state index in [4.69, 9.17) is 0 Å². The average molecular weight is 647 g/mol. The molecule has 0 amide bonds. The second kappa shape index (κ2) is 13.9. The summed E-state index contributed by atoms with van der Waals surface area (Å²) >= 11 is 0. The van der Waals surface area contributed by atoms with Crippen LogP contribution in [0.25, 0.3) is 38.2 Å². The van der Waals surface area contributed by atoms with E-state index in [1.807, 2.05) is 6.92 Å². The molecule has 0 saturated heterocycles. The zero-order valence-electron chi connectivity index (χ0n) is 30.1. The SMILES string of the molecule is C=C(C)C/C=C(\CC(CC(=C)C)c1ccccc1)c1ccc2c(c1)c1cc(C(C)(O)c3ccc(N(C)C)c4ccccc34)ccc1n2CC. The fraction of sp³-hybridized carbons (Fsp3) is 0.261. The molecule has 2 unspecified atom stereocenters. The predicted octanol–water partition coefficient (Wildman–Crippen LogP) is 11.8. The van der Waals surface area contributed by atoms with Gasteiger partial charge in [0, 0.05) is 53.5 Å². The van der Waals surface area contributed by atoms with Crippen molar-refractivity contribution >= 4 is 43.8 Å². The minimum atomic E-state index is -1.20. The van der Waals surface area contributed by atoms with Crippen molar-refractivity contribution in [1.82, 2.24) is 4.57 Å². The summed E-state index contributed by atoms with van der Waals surface area (Å²) in [4.78, 5) is 2.13. The van der Waals surface area contributed by atoms with Crippen molar-refractivity contribution in [2.75, 3.05) is 19.0 Å². The van der Waals surface area contributed by atoms with Crippen LogP contribution in [0.1, 0.15) is 75.1 Å². The molecule has 2 atom stereocenters. The lowest BCUT2D eigenvalue weighted by atomic mass is 9.83. The molecule has 1 N–H and O–H groups in total. The largest absolute Gasteiger partial charge is 0.381 e. The molecule has 0 aliphatic rings. The van der Waals surface area contributed by atoms with E-state index in [2.05, 4.69) is 167 Å². The lowest BCUT2D eigenvalue weighted by Crippen LogP contribution is -2.23. The normalized spacial score (nSPS) is 13.9. The predicted molar refractivity (Wildman–Crippen MR) is 213 cm³/mol. The van der Waals surface area contributed by atoms with Crippen molar-refractivity contribution in [3.05, 3.63) is 156 Å². The first-order chi connectivity index (χ1) is 23.5. The van der Waals surface area contributed by atoms with Gasteiger partial charge in [-0.3, -0.25) is 0 Å². The van der Waals surface area contributed by atoms with Crippen LogP contribution in [0.3, 0.4) is 0 Å². The van der Waals surface area contributed by atoms with Crippen LogP contribution in [-0.4, -0.2) is 23.8 Å². The van der Waals surface area contributed by atoms with Gasteiger partial charge in [-0.05, 0) is 116 Å². The molecule has 6 rings (SSSR count). The summed E-state index contributed by atoms with van der Waals surface area (Å²) in [5.41, 5.74) is 10.4. The number of nitrogens with zero attached hydrogens (tertiary/aromatic N) is 2. The third kappa shape index (κ3) is 6.73. The number of aromatic nitrogens is 1. The van der Waals surface area contributed by atoms with E-state index >= 15 is 0 Å². The van der Waals surface area contributed by atoms with Gasteiger partial charge in [0.1, 0.15) is 5.60 Å². The van der Waals surface area contributed by atoms with Gasteiger partial charge in [0.2, 0.25) is 0 Å². The highest BCUT2D eigenvalue weighted by atomic mass is 16.3. The molecule has 0 spiro atoms. The molecule has 6 aromatic rings. The molecule has 1 heterocycles. The first-order valence-corrected chi connectivity index (χ1v) is 17.5. The first kappa shape index (κ1) is 34.0. The smallest absolute Gasteiger partial charge is 0.112 e. The van der Waals surface area contributed by atoms with Gasteiger partial charge >= 0.3 is 0 Å². The molecule has 5 aromatic carbocycles. The third-order valence-electron chi connectivity index (χ3n) is 10.1. The lowest BCUT2D eigenvalue weighted by Gasteiger charge is -2.28. The van der Waals surface area contributed by atoms with Crippen LogP contribution in [0.5, 0.6) is 0 Å². The second-order valence-corrected chi connectivity index (χ2v) is 14.2. The van der Waals surface area contributed by atoms with Gasteiger partial charge < -0.3 is 14.6 Å². The summed E-state index contributed by atoms with van der Waals surface area (Å²) < 4.78 is 2.39. The molecule has 3 heteroatoms. The van der Waals surface area contributed by atoms with Crippen molar-refractivity contribution in [3.63, 3.8) is 0 Å². The zero-order chi connectivity index (χ0) is 34.9. The van der Waals surface area contributed by atoms with Gasteiger partial charge in [-0.15, -0.1) is 6.58 Å². The highest BCUT2D eigenvalue weighted by Crippen LogP contribution is 2.41. The maximum atomic E-state index is 12.4. The molecule has 0 aliphatic carbocycles. The summed E-state index contributed by atoms with van der Waals surface area (Å²) in [6.45, 7) is 17.7. The Kier molecular flexibility index (Phi) is 9.68. The minimum Gasteiger partial charge on any atom is -0.381 e. The van der Waals surface area contributed by atoms with Crippen LogP contribution in [0, 0.1) is 0 Å². The minimum absolute atomic E-state index is 0.332. The quantitative estimate of drug-likeness (QED) is 0.134. The van der Waals surface area contributed by atoms with Crippen molar-refractivity contribution < 1.29 is 5.11 Å². The van der Waals surface area contributed by atoms with Crippen molar-refractivity contribution in [3.8, 4) is 0 Å². The number of anilines is 1. The highest BCUT2D eigenvalue weighted by Gasteiger charge is 2.29. The Labute approximate surface area is 292 Å². The maximum Gasteiger partial charge on any atom is 0.112 e. The number of benzene rings is 5. The van der Waals surface area contributed by atoms with E-state index in [9.17, 15) is 5.11 Å². The Morgan fingerprint density at radius 1 is 0.776 bits per heavy atom. The molecule has 0 aliphatic heterocycles. The molecular formula is C46H50N2O. The number of hydrogen-bond acceptors (Lipinski definition) is 2. The monoisotopic (exact) mass is 646 g/mol. The molecule has 1 aromatic heterocycles. The summed E-state index contributed by atoms with van der Waals surface area (Å²) in [7, 11) is 4.12. The first-order valence-electron chi connectivity index (χ1n) is 17.5. The average Bonchev–Trinajstić information content (AvgIpc) is 3.41. The van der Waals surface area contributed by atoms with E-state index in [0.717, 1.165) is 64.4 Å². The molecule has 250 valence electrons. The molecule has 0 bridgehead atoms. The van der Waals surface area contributed by atoms with Crippen LogP contribution in [0.4, 0.5) is 5.69 Å². The fourth-order valence-electron chi connectivity index (χ4n) is 7.54. The topological polar surface area (TPSA) is 28.4 Å². The van der Waals surface area contributed by atoms with Gasteiger partial charge in [-0.25, -0.2) is 0 Å².